The summed E-state index contributed by atoms with van der Waals surface area (Å²) in [6.07, 6.45) is 3.60. The number of hydrogen-bond acceptors (Lipinski definition) is 3. The van der Waals surface area contributed by atoms with Gasteiger partial charge in [0.2, 0.25) is 5.91 Å². The molecule has 0 atom stereocenters. The normalized spacial score (nSPS) is 10.8. The molecule has 0 fully saturated rings. The standard InChI is InChI=1S/C13H18ClN5O/c1-4-18-6-11(9(2)16-18)5-15-13(20)8-19-7-12(14)10(3)17-19/h6-7H,4-5,8H2,1-3H3,(H,15,20). The molecule has 0 radical (unpaired) electrons. The minimum Gasteiger partial charge on any atom is -0.350 e. The number of aryl methyl sites for hydroxylation is 3. The van der Waals surface area contributed by atoms with E-state index in [-0.39, 0.29) is 12.5 Å². The molecule has 0 aliphatic rings. The lowest BCUT2D eigenvalue weighted by Crippen LogP contribution is -2.27. The Morgan fingerprint density at radius 3 is 2.50 bits per heavy atom. The highest BCUT2D eigenvalue weighted by Gasteiger charge is 2.09. The van der Waals surface area contributed by atoms with Crippen LogP contribution in [-0.4, -0.2) is 25.5 Å². The Kier molecular flexibility index (Phi) is 4.44. The number of halogens is 1. The molecular formula is C13H18ClN5O. The molecule has 0 aliphatic carbocycles. The van der Waals surface area contributed by atoms with Crippen LogP contribution in [0.25, 0.3) is 0 Å². The van der Waals surface area contributed by atoms with Crippen molar-refractivity contribution in [1.82, 2.24) is 24.9 Å². The molecule has 2 aromatic heterocycles. The van der Waals surface area contributed by atoms with E-state index in [9.17, 15) is 4.79 Å². The lowest BCUT2D eigenvalue weighted by Gasteiger charge is -2.04. The van der Waals surface area contributed by atoms with Gasteiger partial charge in [-0.25, -0.2) is 0 Å². The molecule has 0 unspecified atom stereocenters. The van der Waals surface area contributed by atoms with Crippen molar-refractivity contribution >= 4 is 17.5 Å². The zero-order chi connectivity index (χ0) is 14.7. The van der Waals surface area contributed by atoms with Gasteiger partial charge in [-0.15, -0.1) is 0 Å². The fraction of sp³-hybridized carbons (Fsp3) is 0.462. The van der Waals surface area contributed by atoms with Crippen LogP contribution >= 0.6 is 11.6 Å². The Morgan fingerprint density at radius 2 is 1.95 bits per heavy atom. The highest BCUT2D eigenvalue weighted by atomic mass is 35.5. The van der Waals surface area contributed by atoms with E-state index in [1.54, 1.807) is 13.1 Å². The zero-order valence-corrected chi connectivity index (χ0v) is 12.6. The number of nitrogens with zero attached hydrogens (tertiary/aromatic N) is 4. The summed E-state index contributed by atoms with van der Waals surface area (Å²) in [5.74, 6) is -0.104. The van der Waals surface area contributed by atoms with E-state index in [1.807, 2.05) is 24.7 Å². The van der Waals surface area contributed by atoms with Crippen LogP contribution in [0.1, 0.15) is 23.9 Å². The number of amides is 1. The maximum absolute atomic E-state index is 11.9. The Hall–Kier alpha value is -1.82. The van der Waals surface area contributed by atoms with Gasteiger partial charge in [0.15, 0.2) is 0 Å². The highest BCUT2D eigenvalue weighted by Crippen LogP contribution is 2.11. The van der Waals surface area contributed by atoms with Crippen molar-refractivity contribution in [2.75, 3.05) is 0 Å². The predicted molar refractivity (Wildman–Crippen MR) is 76.5 cm³/mol. The molecule has 2 aromatic rings. The average molecular weight is 296 g/mol. The molecule has 7 heteroatoms. The summed E-state index contributed by atoms with van der Waals surface area (Å²) in [6.45, 7) is 7.22. The van der Waals surface area contributed by atoms with Crippen LogP contribution in [0.2, 0.25) is 5.02 Å². The van der Waals surface area contributed by atoms with Crippen LogP contribution in [0.3, 0.4) is 0 Å². The molecule has 0 bridgehead atoms. The second kappa shape index (κ2) is 6.09. The SMILES string of the molecule is CCn1cc(CNC(=O)Cn2cc(Cl)c(C)n2)c(C)n1. The summed E-state index contributed by atoms with van der Waals surface area (Å²) in [7, 11) is 0. The second-order valence-corrected chi connectivity index (χ2v) is 5.04. The smallest absolute Gasteiger partial charge is 0.242 e. The summed E-state index contributed by atoms with van der Waals surface area (Å²) in [5, 5.41) is 11.9. The van der Waals surface area contributed by atoms with Crippen LogP contribution in [0, 0.1) is 13.8 Å². The summed E-state index contributed by atoms with van der Waals surface area (Å²) >= 11 is 5.90. The first-order chi connectivity index (χ1) is 9.49. The fourth-order valence-corrected chi connectivity index (χ4v) is 2.02. The number of hydrogen-bond donors (Lipinski definition) is 1. The average Bonchev–Trinajstić information content (AvgIpc) is 2.90. The van der Waals surface area contributed by atoms with Gasteiger partial charge in [-0.05, 0) is 20.8 Å². The van der Waals surface area contributed by atoms with Crippen LogP contribution in [0.5, 0.6) is 0 Å². The van der Waals surface area contributed by atoms with Crippen LogP contribution < -0.4 is 5.32 Å². The Morgan fingerprint density at radius 1 is 1.25 bits per heavy atom. The first-order valence-electron chi connectivity index (χ1n) is 6.48. The second-order valence-electron chi connectivity index (χ2n) is 4.63. The molecule has 2 heterocycles. The summed E-state index contributed by atoms with van der Waals surface area (Å²) in [5.41, 5.74) is 2.68. The molecule has 0 saturated heterocycles. The predicted octanol–water partition coefficient (Wildman–Crippen LogP) is 1.69. The van der Waals surface area contributed by atoms with Crippen LogP contribution in [0.15, 0.2) is 12.4 Å². The van der Waals surface area contributed by atoms with Gasteiger partial charge >= 0.3 is 0 Å². The third-order valence-corrected chi connectivity index (χ3v) is 3.41. The number of carbonyl (C=O) groups excluding carboxylic acids is 1. The molecule has 1 N–H and O–H groups in total. The molecule has 0 aromatic carbocycles. The van der Waals surface area contributed by atoms with E-state index in [1.165, 1.54) is 4.68 Å². The minimum absolute atomic E-state index is 0.104. The van der Waals surface area contributed by atoms with E-state index in [0.29, 0.717) is 11.6 Å². The lowest BCUT2D eigenvalue weighted by molar-refractivity contribution is -0.122. The molecule has 1 amide bonds. The molecule has 6 nitrogen and oxygen atoms in total. The largest absolute Gasteiger partial charge is 0.350 e. The van der Waals surface area contributed by atoms with Crippen molar-refractivity contribution in [2.45, 2.75) is 40.4 Å². The Balaban J connectivity index is 1.90. The van der Waals surface area contributed by atoms with Crippen molar-refractivity contribution in [3.05, 3.63) is 34.4 Å². The van der Waals surface area contributed by atoms with Gasteiger partial charge < -0.3 is 5.32 Å². The van der Waals surface area contributed by atoms with Crippen molar-refractivity contribution in [3.63, 3.8) is 0 Å². The van der Waals surface area contributed by atoms with Gasteiger partial charge in [0, 0.05) is 31.0 Å². The van der Waals surface area contributed by atoms with E-state index in [4.69, 9.17) is 11.6 Å². The quantitative estimate of drug-likeness (QED) is 0.913. The maximum atomic E-state index is 11.9. The van der Waals surface area contributed by atoms with Gasteiger partial charge in [-0.2, -0.15) is 10.2 Å². The van der Waals surface area contributed by atoms with Gasteiger partial charge in [0.05, 0.1) is 16.4 Å². The van der Waals surface area contributed by atoms with E-state index in [0.717, 1.165) is 23.5 Å². The number of rotatable bonds is 5. The first kappa shape index (κ1) is 14.6. The minimum atomic E-state index is -0.104. The third-order valence-electron chi connectivity index (χ3n) is 3.04. The van der Waals surface area contributed by atoms with E-state index in [2.05, 4.69) is 15.5 Å². The number of aromatic nitrogens is 4. The van der Waals surface area contributed by atoms with Gasteiger partial charge in [0.25, 0.3) is 0 Å². The summed E-state index contributed by atoms with van der Waals surface area (Å²) in [6, 6.07) is 0. The van der Waals surface area contributed by atoms with Crippen molar-refractivity contribution in [3.8, 4) is 0 Å². The summed E-state index contributed by atoms with van der Waals surface area (Å²) < 4.78 is 3.39. The lowest BCUT2D eigenvalue weighted by atomic mass is 10.2. The molecular weight excluding hydrogens is 278 g/mol. The number of nitrogens with one attached hydrogen (secondary N) is 1. The van der Waals surface area contributed by atoms with Gasteiger partial charge in [-0.1, -0.05) is 11.6 Å². The van der Waals surface area contributed by atoms with Crippen LogP contribution in [-0.2, 0) is 24.4 Å². The van der Waals surface area contributed by atoms with Gasteiger partial charge in [0.1, 0.15) is 6.54 Å². The van der Waals surface area contributed by atoms with E-state index < -0.39 is 0 Å². The molecule has 0 spiro atoms. The maximum Gasteiger partial charge on any atom is 0.242 e. The Bertz CT molecular complexity index is 597. The van der Waals surface area contributed by atoms with Crippen LogP contribution in [0.4, 0.5) is 0 Å². The van der Waals surface area contributed by atoms with Crippen molar-refractivity contribution in [2.24, 2.45) is 0 Å². The van der Waals surface area contributed by atoms with Crippen molar-refractivity contribution in [1.29, 1.82) is 0 Å². The topological polar surface area (TPSA) is 64.7 Å². The van der Waals surface area contributed by atoms with Crippen molar-refractivity contribution < 1.29 is 4.79 Å². The van der Waals surface area contributed by atoms with Gasteiger partial charge in [-0.3, -0.25) is 14.2 Å². The fourth-order valence-electron chi connectivity index (χ4n) is 1.87. The molecule has 2 rings (SSSR count). The first-order valence-corrected chi connectivity index (χ1v) is 6.86. The third kappa shape index (κ3) is 3.39. The Labute approximate surface area is 122 Å². The molecule has 0 saturated carbocycles. The van der Waals surface area contributed by atoms with E-state index >= 15 is 0 Å². The number of carbonyl (C=O) groups is 1. The highest BCUT2D eigenvalue weighted by molar-refractivity contribution is 6.31. The summed E-state index contributed by atoms with van der Waals surface area (Å²) in [4.78, 5) is 11.9. The molecule has 20 heavy (non-hydrogen) atoms. The molecule has 0 aliphatic heterocycles. The molecule has 108 valence electrons. The monoisotopic (exact) mass is 295 g/mol. The zero-order valence-electron chi connectivity index (χ0n) is 11.9.